The molecule has 0 aliphatic heterocycles. The van der Waals surface area contributed by atoms with Gasteiger partial charge in [0, 0.05) is 0 Å². The average Bonchev–Trinajstić information content (AvgIpc) is 2.37. The highest BCUT2D eigenvalue weighted by Gasteiger charge is 1.95. The number of hydrogen-bond acceptors (Lipinski definition) is 3. The smallest absolute Gasteiger partial charge is 0.119 e. The maximum absolute atomic E-state index is 5.71. The first-order valence-corrected chi connectivity index (χ1v) is 7.95. The standard InChI is InChI=1S/C15H25NOS/c1-14-7-6-8-15(13-14)17-10-3-5-12-18-11-4-2-9-16/h6-8,13H,2-5,9-12,16H2,1H3. The van der Waals surface area contributed by atoms with Crippen molar-refractivity contribution >= 4 is 11.8 Å². The summed E-state index contributed by atoms with van der Waals surface area (Å²) < 4.78 is 5.71. The Balaban J connectivity index is 1.92. The van der Waals surface area contributed by atoms with Crippen molar-refractivity contribution in [3.8, 4) is 5.75 Å². The van der Waals surface area contributed by atoms with E-state index in [2.05, 4.69) is 19.1 Å². The summed E-state index contributed by atoms with van der Waals surface area (Å²) in [6.07, 6.45) is 4.78. The molecule has 18 heavy (non-hydrogen) atoms. The molecule has 0 spiro atoms. The molecule has 2 N–H and O–H groups in total. The van der Waals surface area contributed by atoms with Crippen molar-refractivity contribution in [2.24, 2.45) is 5.73 Å². The average molecular weight is 267 g/mol. The lowest BCUT2D eigenvalue weighted by molar-refractivity contribution is 0.309. The molecule has 0 heterocycles. The monoisotopic (exact) mass is 267 g/mol. The maximum atomic E-state index is 5.71. The summed E-state index contributed by atoms with van der Waals surface area (Å²) in [6.45, 7) is 3.74. The minimum atomic E-state index is 0.824. The van der Waals surface area contributed by atoms with Crippen LogP contribution in [0.4, 0.5) is 0 Å². The largest absolute Gasteiger partial charge is 0.494 e. The van der Waals surface area contributed by atoms with Crippen LogP contribution in [0.3, 0.4) is 0 Å². The number of thioether (sulfide) groups is 1. The van der Waals surface area contributed by atoms with Crippen LogP contribution in [0.1, 0.15) is 31.2 Å². The number of benzene rings is 1. The van der Waals surface area contributed by atoms with Crippen LogP contribution in [0.15, 0.2) is 24.3 Å². The molecule has 0 atom stereocenters. The van der Waals surface area contributed by atoms with Crippen LogP contribution < -0.4 is 10.5 Å². The van der Waals surface area contributed by atoms with Crippen LogP contribution in [0.25, 0.3) is 0 Å². The fourth-order valence-electron chi connectivity index (χ4n) is 1.65. The maximum Gasteiger partial charge on any atom is 0.119 e. The molecule has 0 fully saturated rings. The lowest BCUT2D eigenvalue weighted by atomic mass is 10.2. The molecule has 0 amide bonds. The van der Waals surface area contributed by atoms with E-state index >= 15 is 0 Å². The van der Waals surface area contributed by atoms with Gasteiger partial charge in [-0.15, -0.1) is 0 Å². The Morgan fingerprint density at radius 2 is 1.89 bits per heavy atom. The van der Waals surface area contributed by atoms with E-state index in [0.29, 0.717) is 0 Å². The van der Waals surface area contributed by atoms with Crippen molar-refractivity contribution < 1.29 is 4.74 Å². The first-order chi connectivity index (χ1) is 8.83. The normalized spacial score (nSPS) is 10.6. The van der Waals surface area contributed by atoms with Crippen molar-refractivity contribution in [1.82, 2.24) is 0 Å². The molecule has 1 aromatic rings. The summed E-state index contributed by atoms with van der Waals surface area (Å²) in [5.41, 5.74) is 6.70. The molecule has 0 bridgehead atoms. The number of nitrogens with two attached hydrogens (primary N) is 1. The quantitative estimate of drug-likeness (QED) is 0.658. The SMILES string of the molecule is Cc1cccc(OCCCCSCCCCN)c1. The third-order valence-corrected chi connectivity index (χ3v) is 3.84. The van der Waals surface area contributed by atoms with Gasteiger partial charge in [0.1, 0.15) is 5.75 Å². The summed E-state index contributed by atoms with van der Waals surface area (Å²) in [7, 11) is 0. The molecule has 0 unspecified atom stereocenters. The van der Waals surface area contributed by atoms with Gasteiger partial charge in [0.15, 0.2) is 0 Å². The molecule has 3 heteroatoms. The summed E-state index contributed by atoms with van der Waals surface area (Å²) in [5, 5.41) is 0. The Bertz CT molecular complexity index is 317. The molecular formula is C15H25NOS. The van der Waals surface area contributed by atoms with E-state index < -0.39 is 0 Å². The van der Waals surface area contributed by atoms with Crippen LogP contribution in [-0.2, 0) is 0 Å². The van der Waals surface area contributed by atoms with E-state index in [-0.39, 0.29) is 0 Å². The molecule has 0 aliphatic rings. The molecule has 0 aliphatic carbocycles. The number of aryl methyl sites for hydroxylation is 1. The third kappa shape index (κ3) is 7.62. The van der Waals surface area contributed by atoms with Gasteiger partial charge in [0.25, 0.3) is 0 Å². The fraction of sp³-hybridized carbons (Fsp3) is 0.600. The van der Waals surface area contributed by atoms with Gasteiger partial charge in [-0.3, -0.25) is 0 Å². The minimum Gasteiger partial charge on any atom is -0.494 e. The molecule has 0 saturated carbocycles. The Labute approximate surface area is 115 Å². The van der Waals surface area contributed by atoms with E-state index in [1.165, 1.54) is 29.9 Å². The van der Waals surface area contributed by atoms with E-state index in [1.807, 2.05) is 23.9 Å². The van der Waals surface area contributed by atoms with E-state index in [1.54, 1.807) is 0 Å². The zero-order chi connectivity index (χ0) is 13.1. The topological polar surface area (TPSA) is 35.2 Å². The predicted molar refractivity (Wildman–Crippen MR) is 81.5 cm³/mol. The fourth-order valence-corrected chi connectivity index (χ4v) is 2.67. The third-order valence-electron chi connectivity index (χ3n) is 2.68. The van der Waals surface area contributed by atoms with Crippen molar-refractivity contribution in [3.63, 3.8) is 0 Å². The number of rotatable bonds is 10. The van der Waals surface area contributed by atoms with Crippen molar-refractivity contribution in [2.75, 3.05) is 24.7 Å². The van der Waals surface area contributed by atoms with Gasteiger partial charge in [-0.05, 0) is 68.4 Å². The van der Waals surface area contributed by atoms with Crippen molar-refractivity contribution in [1.29, 1.82) is 0 Å². The molecule has 0 radical (unpaired) electrons. The Kier molecular flexibility index (Phi) is 8.78. The van der Waals surface area contributed by atoms with Gasteiger partial charge in [-0.25, -0.2) is 0 Å². The van der Waals surface area contributed by atoms with Gasteiger partial charge in [-0.1, -0.05) is 12.1 Å². The number of unbranched alkanes of at least 4 members (excludes halogenated alkanes) is 2. The lowest BCUT2D eigenvalue weighted by Gasteiger charge is -2.06. The summed E-state index contributed by atoms with van der Waals surface area (Å²) in [4.78, 5) is 0. The van der Waals surface area contributed by atoms with Gasteiger partial charge in [0.2, 0.25) is 0 Å². The summed E-state index contributed by atoms with van der Waals surface area (Å²) in [5.74, 6) is 3.48. The molecule has 0 saturated heterocycles. The molecule has 102 valence electrons. The molecule has 0 aromatic heterocycles. The number of hydrogen-bond donors (Lipinski definition) is 1. The highest BCUT2D eigenvalue weighted by molar-refractivity contribution is 7.99. The Hall–Kier alpha value is -0.670. The van der Waals surface area contributed by atoms with Crippen LogP contribution in [-0.4, -0.2) is 24.7 Å². The van der Waals surface area contributed by atoms with E-state index in [0.717, 1.165) is 31.7 Å². The zero-order valence-electron chi connectivity index (χ0n) is 11.4. The van der Waals surface area contributed by atoms with E-state index in [9.17, 15) is 0 Å². The Morgan fingerprint density at radius 3 is 2.61 bits per heavy atom. The second-order valence-corrected chi connectivity index (χ2v) is 5.70. The lowest BCUT2D eigenvalue weighted by Crippen LogP contribution is -1.99. The Morgan fingerprint density at radius 1 is 1.11 bits per heavy atom. The van der Waals surface area contributed by atoms with Gasteiger partial charge >= 0.3 is 0 Å². The van der Waals surface area contributed by atoms with Gasteiger partial charge in [-0.2, -0.15) is 11.8 Å². The van der Waals surface area contributed by atoms with Gasteiger partial charge in [0.05, 0.1) is 6.61 Å². The predicted octanol–water partition coefficient (Wildman–Crippen LogP) is 3.63. The minimum absolute atomic E-state index is 0.824. The van der Waals surface area contributed by atoms with Crippen LogP contribution in [0.2, 0.25) is 0 Å². The van der Waals surface area contributed by atoms with Crippen LogP contribution >= 0.6 is 11.8 Å². The molecule has 1 aromatic carbocycles. The second-order valence-electron chi connectivity index (χ2n) is 4.48. The van der Waals surface area contributed by atoms with Crippen molar-refractivity contribution in [3.05, 3.63) is 29.8 Å². The van der Waals surface area contributed by atoms with Crippen LogP contribution in [0, 0.1) is 6.92 Å². The number of ether oxygens (including phenoxy) is 1. The van der Waals surface area contributed by atoms with Crippen molar-refractivity contribution in [2.45, 2.75) is 32.6 Å². The van der Waals surface area contributed by atoms with E-state index in [4.69, 9.17) is 10.5 Å². The summed E-state index contributed by atoms with van der Waals surface area (Å²) >= 11 is 2.03. The first kappa shape index (κ1) is 15.4. The highest BCUT2D eigenvalue weighted by Crippen LogP contribution is 2.13. The molecular weight excluding hydrogens is 242 g/mol. The highest BCUT2D eigenvalue weighted by atomic mass is 32.2. The summed E-state index contributed by atoms with van der Waals surface area (Å²) in [6, 6.07) is 8.24. The molecule has 1 rings (SSSR count). The van der Waals surface area contributed by atoms with Gasteiger partial charge < -0.3 is 10.5 Å². The molecule has 2 nitrogen and oxygen atoms in total. The first-order valence-electron chi connectivity index (χ1n) is 6.80. The zero-order valence-corrected chi connectivity index (χ0v) is 12.2. The second kappa shape index (κ2) is 10.3. The van der Waals surface area contributed by atoms with Crippen LogP contribution in [0.5, 0.6) is 5.75 Å².